The maximum atomic E-state index is 12.4. The van der Waals surface area contributed by atoms with Crippen molar-refractivity contribution in [1.29, 1.82) is 0 Å². The van der Waals surface area contributed by atoms with E-state index < -0.39 is 5.69 Å². The van der Waals surface area contributed by atoms with Crippen molar-refractivity contribution >= 4 is 11.5 Å². The van der Waals surface area contributed by atoms with Crippen molar-refractivity contribution < 1.29 is 0 Å². The molecule has 0 radical (unpaired) electrons. The highest BCUT2D eigenvalue weighted by Crippen LogP contribution is 2.35. The van der Waals surface area contributed by atoms with Crippen LogP contribution in [0.3, 0.4) is 0 Å². The van der Waals surface area contributed by atoms with Crippen LogP contribution in [0.4, 0.5) is 5.82 Å². The maximum absolute atomic E-state index is 12.4. The first kappa shape index (κ1) is 15.2. The summed E-state index contributed by atoms with van der Waals surface area (Å²) in [5.74, 6) is 0.202. The van der Waals surface area contributed by atoms with Gasteiger partial charge in [-0.15, -0.1) is 0 Å². The number of nitrogens with one attached hydrogen (secondary N) is 3. The molecule has 0 bridgehead atoms. The molecule has 0 spiro atoms. The van der Waals surface area contributed by atoms with E-state index >= 15 is 0 Å². The van der Waals surface area contributed by atoms with Crippen molar-refractivity contribution in [1.82, 2.24) is 9.97 Å². The monoisotopic (exact) mass is 331 g/mol. The Morgan fingerprint density at radius 1 is 0.880 bits per heavy atom. The van der Waals surface area contributed by atoms with Gasteiger partial charge in [0.2, 0.25) is 0 Å². The van der Waals surface area contributed by atoms with Gasteiger partial charge in [0.15, 0.2) is 0 Å². The third-order valence-electron chi connectivity index (χ3n) is 4.40. The van der Waals surface area contributed by atoms with E-state index in [2.05, 4.69) is 15.3 Å². The summed E-state index contributed by atoms with van der Waals surface area (Å²) in [4.78, 5) is 29.2. The predicted molar refractivity (Wildman–Crippen MR) is 98.7 cm³/mol. The number of rotatable bonds is 2. The van der Waals surface area contributed by atoms with E-state index in [9.17, 15) is 9.59 Å². The molecule has 0 saturated heterocycles. The minimum atomic E-state index is -0.520. The molecule has 1 aliphatic rings. The molecule has 1 aliphatic heterocycles. The predicted octanol–water partition coefficient (Wildman–Crippen LogP) is 2.97. The molecule has 0 amide bonds. The van der Waals surface area contributed by atoms with E-state index in [0.29, 0.717) is 11.4 Å². The summed E-state index contributed by atoms with van der Waals surface area (Å²) in [7, 11) is 0. The van der Waals surface area contributed by atoms with Crippen molar-refractivity contribution in [3.63, 3.8) is 0 Å². The molecule has 3 N–H and O–H groups in total. The van der Waals surface area contributed by atoms with Crippen LogP contribution in [-0.4, -0.2) is 9.97 Å². The summed E-state index contributed by atoms with van der Waals surface area (Å²) in [6, 6.07) is 17.9. The zero-order chi connectivity index (χ0) is 17.4. The van der Waals surface area contributed by atoms with Gasteiger partial charge in [0.05, 0.1) is 5.56 Å². The molecule has 4 rings (SSSR count). The number of hydrogen-bond donors (Lipinski definition) is 3. The number of hydrogen-bond acceptors (Lipinski definition) is 3. The van der Waals surface area contributed by atoms with Gasteiger partial charge < -0.3 is 5.32 Å². The number of allylic oxidation sites excluding steroid dienone is 1. The first-order valence-corrected chi connectivity index (χ1v) is 8.09. The van der Waals surface area contributed by atoms with Crippen LogP contribution in [0.2, 0.25) is 0 Å². The highest BCUT2D eigenvalue weighted by Gasteiger charge is 2.26. The van der Waals surface area contributed by atoms with Crippen LogP contribution in [0.15, 0.2) is 70.3 Å². The summed E-state index contributed by atoms with van der Waals surface area (Å²) in [6.07, 6.45) is 2.02. The van der Waals surface area contributed by atoms with Gasteiger partial charge in [-0.2, -0.15) is 0 Å². The van der Waals surface area contributed by atoms with Crippen molar-refractivity contribution in [3.05, 3.63) is 104 Å². The summed E-state index contributed by atoms with van der Waals surface area (Å²) in [6.45, 7) is 2.02. The van der Waals surface area contributed by atoms with Gasteiger partial charge in [0, 0.05) is 11.6 Å². The fourth-order valence-electron chi connectivity index (χ4n) is 3.14. The number of aromatic nitrogens is 2. The Kier molecular flexibility index (Phi) is 3.61. The fraction of sp³-hybridized carbons (Fsp3) is 0.100. The molecule has 1 aromatic heterocycles. The van der Waals surface area contributed by atoms with Crippen molar-refractivity contribution in [2.45, 2.75) is 12.8 Å². The van der Waals surface area contributed by atoms with Gasteiger partial charge in [-0.25, -0.2) is 4.79 Å². The number of benzene rings is 2. The van der Waals surface area contributed by atoms with Crippen molar-refractivity contribution in [3.8, 4) is 0 Å². The summed E-state index contributed by atoms with van der Waals surface area (Å²) >= 11 is 0. The van der Waals surface area contributed by atoms with E-state index in [0.717, 1.165) is 22.4 Å². The first-order chi connectivity index (χ1) is 12.1. The zero-order valence-electron chi connectivity index (χ0n) is 13.7. The molecule has 25 heavy (non-hydrogen) atoms. The Balaban J connectivity index is 1.93. The van der Waals surface area contributed by atoms with E-state index in [1.165, 1.54) is 0 Å². The van der Waals surface area contributed by atoms with Crippen LogP contribution < -0.4 is 16.6 Å². The summed E-state index contributed by atoms with van der Waals surface area (Å²) in [5.41, 5.74) is 3.63. The van der Waals surface area contributed by atoms with Crippen LogP contribution in [0.25, 0.3) is 5.70 Å². The van der Waals surface area contributed by atoms with Crippen LogP contribution in [0.5, 0.6) is 0 Å². The SMILES string of the molecule is Cc1ccc(C2C=C(c3ccccc3)Nc3[nH]c(=O)[nH]c(=O)c32)cc1. The molecule has 2 heterocycles. The maximum Gasteiger partial charge on any atom is 0.327 e. The molecule has 124 valence electrons. The van der Waals surface area contributed by atoms with Gasteiger partial charge in [-0.3, -0.25) is 14.8 Å². The highest BCUT2D eigenvalue weighted by molar-refractivity contribution is 5.81. The van der Waals surface area contributed by atoms with Crippen molar-refractivity contribution in [2.24, 2.45) is 0 Å². The smallest absolute Gasteiger partial charge is 0.327 e. The Morgan fingerprint density at radius 2 is 1.60 bits per heavy atom. The fourth-order valence-corrected chi connectivity index (χ4v) is 3.14. The van der Waals surface area contributed by atoms with E-state index in [1.807, 2.05) is 67.6 Å². The summed E-state index contributed by atoms with van der Waals surface area (Å²) < 4.78 is 0. The number of H-pyrrole nitrogens is 2. The van der Waals surface area contributed by atoms with E-state index in [4.69, 9.17) is 0 Å². The molecule has 5 nitrogen and oxygen atoms in total. The summed E-state index contributed by atoms with van der Waals surface area (Å²) in [5, 5.41) is 3.19. The molecule has 0 saturated carbocycles. The Bertz CT molecular complexity index is 1060. The van der Waals surface area contributed by atoms with Gasteiger partial charge >= 0.3 is 5.69 Å². The lowest BCUT2D eigenvalue weighted by Gasteiger charge is -2.25. The quantitative estimate of drug-likeness (QED) is 0.675. The van der Waals surface area contributed by atoms with E-state index in [-0.39, 0.29) is 11.5 Å². The molecular formula is C20H17N3O2. The zero-order valence-corrected chi connectivity index (χ0v) is 13.7. The van der Waals surface area contributed by atoms with Crippen LogP contribution in [0.1, 0.15) is 28.2 Å². The topological polar surface area (TPSA) is 77.8 Å². The molecule has 1 atom stereocenters. The average molecular weight is 331 g/mol. The van der Waals surface area contributed by atoms with Gasteiger partial charge in [0.1, 0.15) is 5.82 Å². The molecule has 2 aromatic carbocycles. The van der Waals surface area contributed by atoms with Gasteiger partial charge in [-0.05, 0) is 24.1 Å². The second-order valence-electron chi connectivity index (χ2n) is 6.16. The molecule has 0 fully saturated rings. The minimum absolute atomic E-state index is 0.243. The second-order valence-corrected chi connectivity index (χ2v) is 6.16. The average Bonchev–Trinajstić information content (AvgIpc) is 2.62. The second kappa shape index (κ2) is 5.94. The lowest BCUT2D eigenvalue weighted by atomic mass is 9.87. The first-order valence-electron chi connectivity index (χ1n) is 8.09. The Hall–Kier alpha value is -3.34. The van der Waals surface area contributed by atoms with Crippen LogP contribution >= 0.6 is 0 Å². The van der Waals surface area contributed by atoms with Gasteiger partial charge in [0.25, 0.3) is 5.56 Å². The normalized spacial score (nSPS) is 15.9. The number of fused-ring (bicyclic) bond motifs is 1. The van der Waals surface area contributed by atoms with Gasteiger partial charge in [-0.1, -0.05) is 60.2 Å². The number of anilines is 1. The molecule has 1 unspecified atom stereocenters. The van der Waals surface area contributed by atoms with Crippen molar-refractivity contribution in [2.75, 3.05) is 5.32 Å². The highest BCUT2D eigenvalue weighted by atomic mass is 16.2. The number of aromatic amines is 2. The molecule has 0 aliphatic carbocycles. The van der Waals surface area contributed by atoms with Crippen LogP contribution in [0, 0.1) is 6.92 Å². The Morgan fingerprint density at radius 3 is 2.32 bits per heavy atom. The van der Waals surface area contributed by atoms with Crippen LogP contribution in [-0.2, 0) is 0 Å². The standard InChI is InChI=1S/C20H17N3O2/c1-12-7-9-13(10-8-12)15-11-16(14-5-3-2-4-6-14)21-18-17(15)19(24)23-20(25)22-18/h2-11,15H,1H3,(H3,21,22,23,24,25). The molecule has 3 aromatic rings. The Labute approximate surface area is 144 Å². The number of aryl methyl sites for hydroxylation is 1. The lowest BCUT2D eigenvalue weighted by Crippen LogP contribution is -2.31. The van der Waals surface area contributed by atoms with E-state index in [1.54, 1.807) is 0 Å². The third kappa shape index (κ3) is 2.80. The lowest BCUT2D eigenvalue weighted by molar-refractivity contribution is 0.914. The molecule has 5 heteroatoms. The third-order valence-corrected chi connectivity index (χ3v) is 4.40. The molecular weight excluding hydrogens is 314 g/mol. The largest absolute Gasteiger partial charge is 0.341 e. The minimum Gasteiger partial charge on any atom is -0.341 e.